The topological polar surface area (TPSA) is 41.6 Å². The molecule has 0 aromatic heterocycles. The first kappa shape index (κ1) is 13.2. The van der Waals surface area contributed by atoms with Crippen LogP contribution in [0.2, 0.25) is 0 Å². The van der Waals surface area contributed by atoms with E-state index in [0.717, 1.165) is 0 Å². The summed E-state index contributed by atoms with van der Waals surface area (Å²) in [5, 5.41) is 2.96. The van der Waals surface area contributed by atoms with E-state index in [4.69, 9.17) is 4.74 Å². The Bertz CT molecular complexity index is 253. The number of halogens is 1. The lowest BCUT2D eigenvalue weighted by molar-refractivity contribution is 0.0169. The van der Waals surface area contributed by atoms with Gasteiger partial charge in [0.1, 0.15) is 11.8 Å². The van der Waals surface area contributed by atoms with Crippen molar-refractivity contribution in [1.82, 2.24) is 10.2 Å². The number of ether oxygens (including phenoxy) is 1. The van der Waals surface area contributed by atoms with Crippen LogP contribution in [-0.4, -0.2) is 48.9 Å². The minimum atomic E-state index is -0.886. The van der Waals surface area contributed by atoms with E-state index in [1.54, 1.807) is 7.05 Å². The molecule has 2 atom stereocenters. The average Bonchev–Trinajstić information content (AvgIpc) is 2.14. The van der Waals surface area contributed by atoms with Gasteiger partial charge in [-0.3, -0.25) is 0 Å². The van der Waals surface area contributed by atoms with E-state index in [1.165, 1.54) is 4.90 Å². The quantitative estimate of drug-likeness (QED) is 0.746. The maximum Gasteiger partial charge on any atom is 0.410 e. The fourth-order valence-electron chi connectivity index (χ4n) is 1.65. The summed E-state index contributed by atoms with van der Waals surface area (Å²) >= 11 is 0. The summed E-state index contributed by atoms with van der Waals surface area (Å²) in [7, 11) is 1.65. The summed E-state index contributed by atoms with van der Waals surface area (Å²) in [6.45, 7) is 6.44. The predicted molar refractivity (Wildman–Crippen MR) is 60.2 cm³/mol. The lowest BCUT2D eigenvalue weighted by Gasteiger charge is -2.34. The van der Waals surface area contributed by atoms with Crippen LogP contribution in [0.25, 0.3) is 0 Å². The molecule has 0 spiro atoms. The van der Waals surface area contributed by atoms with E-state index in [2.05, 4.69) is 5.32 Å². The van der Waals surface area contributed by atoms with Gasteiger partial charge >= 0.3 is 6.09 Å². The Morgan fingerprint density at radius 1 is 1.44 bits per heavy atom. The summed E-state index contributed by atoms with van der Waals surface area (Å²) in [6.07, 6.45) is -0.903. The number of hydrogen-bond acceptors (Lipinski definition) is 3. The minimum Gasteiger partial charge on any atom is -0.444 e. The van der Waals surface area contributed by atoms with Crippen molar-refractivity contribution in [1.29, 1.82) is 0 Å². The first-order valence-electron chi connectivity index (χ1n) is 5.60. The summed E-state index contributed by atoms with van der Waals surface area (Å²) < 4.78 is 18.4. The summed E-state index contributed by atoms with van der Waals surface area (Å²) in [5.41, 5.74) is -0.511. The van der Waals surface area contributed by atoms with Crippen LogP contribution in [0.5, 0.6) is 0 Å². The molecular weight excluding hydrogens is 211 g/mol. The third kappa shape index (κ3) is 3.96. The molecule has 0 saturated carbocycles. The Balaban J connectivity index is 2.49. The van der Waals surface area contributed by atoms with Crippen molar-refractivity contribution in [2.45, 2.75) is 45.0 Å². The van der Waals surface area contributed by atoms with Crippen LogP contribution >= 0.6 is 0 Å². The van der Waals surface area contributed by atoms with Crippen molar-refractivity contribution in [3.05, 3.63) is 0 Å². The number of alkyl halides is 1. The van der Waals surface area contributed by atoms with Crippen LogP contribution in [0.1, 0.15) is 27.2 Å². The normalized spacial score (nSPS) is 26.3. The lowest BCUT2D eigenvalue weighted by Crippen LogP contribution is -2.51. The molecule has 1 heterocycles. The molecule has 4 nitrogen and oxygen atoms in total. The fourth-order valence-corrected chi connectivity index (χ4v) is 1.65. The largest absolute Gasteiger partial charge is 0.444 e. The molecule has 1 amide bonds. The zero-order chi connectivity index (χ0) is 12.3. The summed E-state index contributed by atoms with van der Waals surface area (Å²) in [4.78, 5) is 13.2. The van der Waals surface area contributed by atoms with Gasteiger partial charge in [-0.25, -0.2) is 9.18 Å². The van der Waals surface area contributed by atoms with Gasteiger partial charge in [0.05, 0.1) is 0 Å². The SMILES string of the molecule is CN(C(=O)OC(C)(C)C)[C@@H]1CNC[C@@H](F)C1. The number of nitrogens with one attached hydrogen (secondary N) is 1. The van der Waals surface area contributed by atoms with E-state index in [-0.39, 0.29) is 6.04 Å². The van der Waals surface area contributed by atoms with Gasteiger partial charge in [-0.2, -0.15) is 0 Å². The van der Waals surface area contributed by atoms with Gasteiger partial charge < -0.3 is 15.0 Å². The Morgan fingerprint density at radius 2 is 2.06 bits per heavy atom. The van der Waals surface area contributed by atoms with Gasteiger partial charge in [0.2, 0.25) is 0 Å². The van der Waals surface area contributed by atoms with Gasteiger partial charge in [-0.1, -0.05) is 0 Å². The molecule has 1 fully saturated rings. The molecule has 1 N–H and O–H groups in total. The third-order valence-electron chi connectivity index (χ3n) is 2.50. The monoisotopic (exact) mass is 232 g/mol. The number of piperidine rings is 1. The maximum atomic E-state index is 13.2. The van der Waals surface area contributed by atoms with Gasteiger partial charge in [0.25, 0.3) is 0 Å². The van der Waals surface area contributed by atoms with Crippen LogP contribution in [0.4, 0.5) is 9.18 Å². The molecule has 1 aliphatic heterocycles. The number of carbonyl (C=O) groups is 1. The Labute approximate surface area is 96.1 Å². The average molecular weight is 232 g/mol. The molecule has 1 rings (SSSR count). The van der Waals surface area contributed by atoms with Crippen molar-refractivity contribution in [2.24, 2.45) is 0 Å². The van der Waals surface area contributed by atoms with Crippen LogP contribution in [-0.2, 0) is 4.74 Å². The predicted octanol–water partition coefficient (Wildman–Crippen LogP) is 1.55. The molecule has 0 aromatic carbocycles. The maximum absolute atomic E-state index is 13.2. The molecule has 0 aromatic rings. The van der Waals surface area contributed by atoms with Gasteiger partial charge in [-0.15, -0.1) is 0 Å². The van der Waals surface area contributed by atoms with Crippen molar-refractivity contribution in [3.8, 4) is 0 Å². The lowest BCUT2D eigenvalue weighted by atomic mass is 10.1. The number of likely N-dealkylation sites (N-methyl/N-ethyl adjacent to an activating group) is 1. The first-order chi connectivity index (χ1) is 7.29. The number of rotatable bonds is 1. The van der Waals surface area contributed by atoms with Crippen LogP contribution in [0, 0.1) is 0 Å². The van der Waals surface area contributed by atoms with Gasteiger partial charge in [0, 0.05) is 32.6 Å². The van der Waals surface area contributed by atoms with Gasteiger partial charge in [0.15, 0.2) is 0 Å². The molecule has 1 aliphatic rings. The first-order valence-corrected chi connectivity index (χ1v) is 5.60. The van der Waals surface area contributed by atoms with Crippen molar-refractivity contribution < 1.29 is 13.9 Å². The molecule has 0 unspecified atom stereocenters. The molecule has 94 valence electrons. The molecule has 0 radical (unpaired) electrons. The molecular formula is C11H21FN2O2. The molecule has 1 saturated heterocycles. The second-order valence-electron chi connectivity index (χ2n) is 5.24. The van der Waals surface area contributed by atoms with E-state index in [9.17, 15) is 9.18 Å². The summed E-state index contributed by atoms with van der Waals surface area (Å²) in [6, 6.07) is -0.126. The van der Waals surface area contributed by atoms with E-state index in [0.29, 0.717) is 19.5 Å². The highest BCUT2D eigenvalue weighted by molar-refractivity contribution is 5.68. The smallest absolute Gasteiger partial charge is 0.410 e. The zero-order valence-corrected chi connectivity index (χ0v) is 10.4. The molecule has 0 bridgehead atoms. The van der Waals surface area contributed by atoms with E-state index >= 15 is 0 Å². The van der Waals surface area contributed by atoms with Crippen LogP contribution in [0.3, 0.4) is 0 Å². The number of nitrogens with zero attached hydrogens (tertiary/aromatic N) is 1. The van der Waals surface area contributed by atoms with Crippen LogP contribution in [0.15, 0.2) is 0 Å². The number of hydrogen-bond donors (Lipinski definition) is 1. The van der Waals surface area contributed by atoms with Crippen molar-refractivity contribution >= 4 is 6.09 Å². The second kappa shape index (κ2) is 4.99. The van der Waals surface area contributed by atoms with E-state index in [1.807, 2.05) is 20.8 Å². The highest BCUT2D eigenvalue weighted by Gasteiger charge is 2.29. The van der Waals surface area contributed by atoms with Gasteiger partial charge in [-0.05, 0) is 20.8 Å². The molecule has 16 heavy (non-hydrogen) atoms. The Kier molecular flexibility index (Phi) is 4.13. The molecule has 5 heteroatoms. The summed E-state index contributed by atoms with van der Waals surface area (Å²) in [5.74, 6) is 0. The third-order valence-corrected chi connectivity index (χ3v) is 2.50. The number of carbonyl (C=O) groups excluding carboxylic acids is 1. The number of amides is 1. The van der Waals surface area contributed by atoms with E-state index < -0.39 is 17.9 Å². The standard InChI is InChI=1S/C11H21FN2O2/c1-11(2,3)16-10(15)14(4)9-5-8(12)6-13-7-9/h8-9,13H,5-7H2,1-4H3/t8-,9-/m0/s1. The minimum absolute atomic E-state index is 0.126. The Morgan fingerprint density at radius 3 is 2.56 bits per heavy atom. The highest BCUT2D eigenvalue weighted by Crippen LogP contribution is 2.15. The fraction of sp³-hybridized carbons (Fsp3) is 0.909. The highest BCUT2D eigenvalue weighted by atomic mass is 19.1. The molecule has 0 aliphatic carbocycles. The van der Waals surface area contributed by atoms with Crippen LogP contribution < -0.4 is 5.32 Å². The Hall–Kier alpha value is -0.840. The zero-order valence-electron chi connectivity index (χ0n) is 10.4. The second-order valence-corrected chi connectivity index (χ2v) is 5.24. The van der Waals surface area contributed by atoms with Crippen molar-refractivity contribution in [2.75, 3.05) is 20.1 Å². The van der Waals surface area contributed by atoms with Crippen molar-refractivity contribution in [3.63, 3.8) is 0 Å².